The summed E-state index contributed by atoms with van der Waals surface area (Å²) in [6, 6.07) is 3.12. The van der Waals surface area contributed by atoms with Crippen molar-refractivity contribution >= 4 is 28.3 Å². The molecule has 0 spiro atoms. The Kier molecular flexibility index (Phi) is 2.83. The summed E-state index contributed by atoms with van der Waals surface area (Å²) in [5, 5.41) is 0.486. The van der Waals surface area contributed by atoms with Gasteiger partial charge in [-0.2, -0.15) is 0 Å². The molecule has 0 amide bonds. The summed E-state index contributed by atoms with van der Waals surface area (Å²) in [5.74, 6) is -0.639. The fourth-order valence-electron chi connectivity index (χ4n) is 1.87. The highest BCUT2D eigenvalue weighted by atomic mass is 35.5. The Morgan fingerprint density at radius 2 is 2.12 bits per heavy atom. The van der Waals surface area contributed by atoms with Crippen LogP contribution in [0.15, 0.2) is 12.1 Å². The highest BCUT2D eigenvalue weighted by Crippen LogP contribution is 2.34. The minimum Gasteiger partial charge on any atom is -0.494 e. The molecular weight excluding hydrogens is 245 g/mol. The lowest BCUT2D eigenvalue weighted by Crippen LogP contribution is -2.01. The fraction of sp³-hybridized carbons (Fsp3) is 0.250. The van der Waals surface area contributed by atoms with Crippen LogP contribution in [0, 0.1) is 5.82 Å². The maximum Gasteiger partial charge on any atom is 0.184 e. The minimum atomic E-state index is -0.609. The molecule has 0 aliphatic rings. The van der Waals surface area contributed by atoms with Gasteiger partial charge in [0.25, 0.3) is 0 Å². The number of methoxy groups -OCH3 is 1. The second-order valence-electron chi connectivity index (χ2n) is 3.78. The number of halogens is 2. The van der Waals surface area contributed by atoms with Crippen molar-refractivity contribution in [3.05, 3.63) is 28.7 Å². The number of ether oxygens (including phenoxy) is 1. The molecule has 0 unspecified atom stereocenters. The van der Waals surface area contributed by atoms with Crippen molar-refractivity contribution in [1.29, 1.82) is 0 Å². The lowest BCUT2D eigenvalue weighted by Gasteiger charge is -2.06. The monoisotopic (exact) mass is 255 g/mol. The Hall–Kier alpha value is -1.55. The largest absolute Gasteiger partial charge is 0.494 e. The molecule has 0 radical (unpaired) electrons. The Labute approximate surface area is 103 Å². The summed E-state index contributed by atoms with van der Waals surface area (Å²) in [5.41, 5.74) is 1.15. The van der Waals surface area contributed by atoms with E-state index in [0.29, 0.717) is 16.6 Å². The van der Waals surface area contributed by atoms with Crippen molar-refractivity contribution in [3.8, 4) is 5.75 Å². The van der Waals surface area contributed by atoms with Gasteiger partial charge in [0, 0.05) is 25.4 Å². The van der Waals surface area contributed by atoms with Crippen LogP contribution in [0.1, 0.15) is 17.4 Å². The van der Waals surface area contributed by atoms with E-state index < -0.39 is 5.82 Å². The molecule has 1 aromatic heterocycles. The second kappa shape index (κ2) is 4.04. The van der Waals surface area contributed by atoms with E-state index in [1.807, 2.05) is 0 Å². The molecule has 2 rings (SSSR count). The molecule has 90 valence electrons. The highest BCUT2D eigenvalue weighted by molar-refractivity contribution is 6.36. The molecule has 5 heteroatoms. The van der Waals surface area contributed by atoms with E-state index in [2.05, 4.69) is 0 Å². The Balaban J connectivity index is 2.88. The average Bonchev–Trinajstić information content (AvgIpc) is 2.61. The van der Waals surface area contributed by atoms with Gasteiger partial charge < -0.3 is 9.30 Å². The molecule has 1 heterocycles. The molecule has 0 atom stereocenters. The van der Waals surface area contributed by atoms with E-state index in [0.717, 1.165) is 0 Å². The molecule has 3 nitrogen and oxygen atoms in total. The molecule has 0 saturated carbocycles. The average molecular weight is 256 g/mol. The van der Waals surface area contributed by atoms with Gasteiger partial charge in [0.05, 0.1) is 23.3 Å². The SMILES string of the molecule is COc1cc2c(cc(C(C)=O)n2C)c(Cl)c1F. The quantitative estimate of drug-likeness (QED) is 0.772. The Bertz CT molecular complexity index is 619. The highest BCUT2D eigenvalue weighted by Gasteiger charge is 2.18. The van der Waals surface area contributed by atoms with Crippen molar-refractivity contribution in [2.45, 2.75) is 6.92 Å². The summed E-state index contributed by atoms with van der Waals surface area (Å²) in [7, 11) is 3.10. The van der Waals surface area contributed by atoms with Crippen LogP contribution in [0.5, 0.6) is 5.75 Å². The molecule has 17 heavy (non-hydrogen) atoms. The Morgan fingerprint density at radius 1 is 1.47 bits per heavy atom. The van der Waals surface area contributed by atoms with Gasteiger partial charge in [-0.05, 0) is 6.07 Å². The van der Waals surface area contributed by atoms with Crippen LogP contribution in [-0.4, -0.2) is 17.5 Å². The van der Waals surface area contributed by atoms with Gasteiger partial charge in [0.15, 0.2) is 17.3 Å². The van der Waals surface area contributed by atoms with E-state index in [4.69, 9.17) is 16.3 Å². The zero-order valence-electron chi connectivity index (χ0n) is 9.67. The topological polar surface area (TPSA) is 31.2 Å². The molecule has 0 aliphatic heterocycles. The van der Waals surface area contributed by atoms with Crippen LogP contribution in [0.25, 0.3) is 10.9 Å². The third-order valence-corrected chi connectivity index (χ3v) is 3.14. The van der Waals surface area contributed by atoms with Crippen molar-refractivity contribution < 1.29 is 13.9 Å². The van der Waals surface area contributed by atoms with Gasteiger partial charge in [0.2, 0.25) is 0 Å². The Morgan fingerprint density at radius 3 is 2.65 bits per heavy atom. The van der Waals surface area contributed by atoms with Crippen molar-refractivity contribution in [3.63, 3.8) is 0 Å². The maximum atomic E-state index is 13.7. The van der Waals surface area contributed by atoms with E-state index in [1.165, 1.54) is 20.1 Å². The summed E-state index contributed by atoms with van der Waals surface area (Å²) in [4.78, 5) is 11.4. The third kappa shape index (κ3) is 1.69. The normalized spacial score (nSPS) is 10.9. The molecule has 0 N–H and O–H groups in total. The summed E-state index contributed by atoms with van der Waals surface area (Å²) in [6.07, 6.45) is 0. The van der Waals surface area contributed by atoms with E-state index in [-0.39, 0.29) is 16.6 Å². The van der Waals surface area contributed by atoms with Crippen LogP contribution in [-0.2, 0) is 7.05 Å². The first kappa shape index (κ1) is 11.9. The lowest BCUT2D eigenvalue weighted by molar-refractivity contribution is 0.101. The smallest absolute Gasteiger partial charge is 0.184 e. The van der Waals surface area contributed by atoms with Gasteiger partial charge in [-0.25, -0.2) is 4.39 Å². The van der Waals surface area contributed by atoms with Gasteiger partial charge in [-0.1, -0.05) is 11.6 Å². The first-order valence-corrected chi connectivity index (χ1v) is 5.37. The molecular formula is C12H11ClFNO2. The summed E-state index contributed by atoms with van der Waals surface area (Å²) in [6.45, 7) is 1.45. The fourth-order valence-corrected chi connectivity index (χ4v) is 2.11. The third-order valence-electron chi connectivity index (χ3n) is 2.77. The predicted molar refractivity (Wildman–Crippen MR) is 64.4 cm³/mol. The molecule has 0 fully saturated rings. The zero-order valence-corrected chi connectivity index (χ0v) is 10.4. The van der Waals surface area contributed by atoms with Gasteiger partial charge in [-0.15, -0.1) is 0 Å². The predicted octanol–water partition coefficient (Wildman–Crippen LogP) is 3.18. The number of ketones is 1. The van der Waals surface area contributed by atoms with Crippen LogP contribution in [0.4, 0.5) is 4.39 Å². The molecule has 0 aliphatic carbocycles. The van der Waals surface area contributed by atoms with Gasteiger partial charge in [0.1, 0.15) is 0 Å². The summed E-state index contributed by atoms with van der Waals surface area (Å²) >= 11 is 5.92. The first-order chi connectivity index (χ1) is 7.97. The first-order valence-electron chi connectivity index (χ1n) is 4.99. The molecule has 2 aromatic rings. The number of carbonyl (C=O) groups excluding carboxylic acids is 1. The number of nitrogens with zero attached hydrogens (tertiary/aromatic N) is 1. The number of aryl methyl sites for hydroxylation is 1. The maximum absolute atomic E-state index is 13.7. The number of hydrogen-bond donors (Lipinski definition) is 0. The van der Waals surface area contributed by atoms with Gasteiger partial charge >= 0.3 is 0 Å². The summed E-state index contributed by atoms with van der Waals surface area (Å²) < 4.78 is 20.3. The van der Waals surface area contributed by atoms with E-state index in [9.17, 15) is 9.18 Å². The number of hydrogen-bond acceptors (Lipinski definition) is 2. The number of aromatic nitrogens is 1. The van der Waals surface area contributed by atoms with Crippen LogP contribution >= 0.6 is 11.6 Å². The van der Waals surface area contributed by atoms with Crippen molar-refractivity contribution in [2.24, 2.45) is 7.05 Å². The van der Waals surface area contributed by atoms with E-state index >= 15 is 0 Å². The number of benzene rings is 1. The van der Waals surface area contributed by atoms with Gasteiger partial charge in [-0.3, -0.25) is 4.79 Å². The number of Topliss-reactive ketones (excluding diaryl/α,β-unsaturated/α-hetero) is 1. The standard InChI is InChI=1S/C12H11ClFNO2/c1-6(16)8-4-7-9(15(8)2)5-10(17-3)12(14)11(7)13/h4-5H,1-3H3. The van der Waals surface area contributed by atoms with Crippen molar-refractivity contribution in [1.82, 2.24) is 4.57 Å². The minimum absolute atomic E-state index is 0.0255. The number of fused-ring (bicyclic) bond motifs is 1. The second-order valence-corrected chi connectivity index (χ2v) is 4.16. The van der Waals surface area contributed by atoms with Crippen LogP contribution < -0.4 is 4.74 Å². The van der Waals surface area contributed by atoms with Crippen LogP contribution in [0.3, 0.4) is 0 Å². The van der Waals surface area contributed by atoms with E-state index in [1.54, 1.807) is 17.7 Å². The molecule has 0 bridgehead atoms. The zero-order chi connectivity index (χ0) is 12.7. The van der Waals surface area contributed by atoms with Crippen molar-refractivity contribution in [2.75, 3.05) is 7.11 Å². The molecule has 1 aromatic carbocycles. The molecule has 0 saturated heterocycles. The number of rotatable bonds is 2. The lowest BCUT2D eigenvalue weighted by atomic mass is 10.2. The van der Waals surface area contributed by atoms with Crippen LogP contribution in [0.2, 0.25) is 5.02 Å². The number of carbonyl (C=O) groups is 1.